The fourth-order valence-corrected chi connectivity index (χ4v) is 1.86. The van der Waals surface area contributed by atoms with Crippen LogP contribution < -0.4 is 10.6 Å². The summed E-state index contributed by atoms with van der Waals surface area (Å²) < 4.78 is 0. The quantitative estimate of drug-likeness (QED) is 0.873. The van der Waals surface area contributed by atoms with Crippen LogP contribution in [-0.4, -0.2) is 22.4 Å². The van der Waals surface area contributed by atoms with Gasteiger partial charge in [-0.3, -0.25) is 9.78 Å². The molecule has 0 saturated heterocycles. The van der Waals surface area contributed by atoms with Gasteiger partial charge in [0, 0.05) is 18.4 Å². The maximum Gasteiger partial charge on any atom is 0.255 e. The van der Waals surface area contributed by atoms with Crippen molar-refractivity contribution in [3.63, 3.8) is 0 Å². The molecule has 1 amide bonds. The van der Waals surface area contributed by atoms with Gasteiger partial charge >= 0.3 is 0 Å². The number of aromatic nitrogens is 2. The second-order valence-corrected chi connectivity index (χ2v) is 4.38. The molecule has 0 spiro atoms. The largest absolute Gasteiger partial charge is 0.370 e. The molecule has 0 aliphatic rings. The summed E-state index contributed by atoms with van der Waals surface area (Å²) in [6.45, 7) is 5.01. The van der Waals surface area contributed by atoms with Crippen LogP contribution in [0, 0.1) is 6.92 Å². The summed E-state index contributed by atoms with van der Waals surface area (Å²) in [5, 5.41) is 5.94. The average molecular weight is 270 g/mol. The van der Waals surface area contributed by atoms with E-state index in [1.54, 1.807) is 18.3 Å². The lowest BCUT2D eigenvalue weighted by Crippen LogP contribution is -2.24. The van der Waals surface area contributed by atoms with Crippen LogP contribution in [0.1, 0.15) is 28.7 Å². The number of carbonyl (C=O) groups excluding carboxylic acids is 1. The van der Waals surface area contributed by atoms with E-state index in [4.69, 9.17) is 0 Å². The zero-order valence-electron chi connectivity index (χ0n) is 11.7. The van der Waals surface area contributed by atoms with Crippen LogP contribution >= 0.6 is 0 Å². The minimum Gasteiger partial charge on any atom is -0.370 e. The number of amides is 1. The van der Waals surface area contributed by atoms with Crippen molar-refractivity contribution in [2.75, 3.05) is 11.9 Å². The van der Waals surface area contributed by atoms with Gasteiger partial charge in [0.2, 0.25) is 0 Å². The van der Waals surface area contributed by atoms with Gasteiger partial charge in [-0.15, -0.1) is 0 Å². The Kier molecular flexibility index (Phi) is 4.65. The highest BCUT2D eigenvalue weighted by molar-refractivity contribution is 5.98. The Labute approximate surface area is 118 Å². The second kappa shape index (κ2) is 6.65. The van der Waals surface area contributed by atoms with E-state index in [0.717, 1.165) is 17.9 Å². The van der Waals surface area contributed by atoms with Crippen molar-refractivity contribution >= 4 is 11.7 Å². The summed E-state index contributed by atoms with van der Waals surface area (Å²) in [7, 11) is 0. The van der Waals surface area contributed by atoms with E-state index in [1.165, 1.54) is 0 Å². The molecular weight excluding hydrogens is 252 g/mol. The number of aryl methyl sites for hydroxylation is 1. The molecule has 0 unspecified atom stereocenters. The summed E-state index contributed by atoms with van der Waals surface area (Å²) >= 11 is 0. The Hall–Kier alpha value is -2.43. The molecule has 0 aliphatic carbocycles. The summed E-state index contributed by atoms with van der Waals surface area (Å²) in [5.41, 5.74) is 2.32. The first kappa shape index (κ1) is 14.0. The van der Waals surface area contributed by atoms with Crippen molar-refractivity contribution in [3.05, 3.63) is 53.5 Å². The van der Waals surface area contributed by atoms with Crippen molar-refractivity contribution < 1.29 is 4.79 Å². The van der Waals surface area contributed by atoms with Gasteiger partial charge in [0.05, 0.1) is 17.8 Å². The number of hydrogen-bond acceptors (Lipinski definition) is 4. The Balaban J connectivity index is 2.05. The van der Waals surface area contributed by atoms with E-state index < -0.39 is 0 Å². The first-order chi connectivity index (χ1) is 9.70. The molecule has 0 saturated carbocycles. The molecule has 0 fully saturated rings. The zero-order chi connectivity index (χ0) is 14.4. The predicted octanol–water partition coefficient (Wildman–Crippen LogP) is 2.15. The van der Waals surface area contributed by atoms with Gasteiger partial charge in [0.15, 0.2) is 0 Å². The van der Waals surface area contributed by atoms with Crippen LogP contribution in [-0.2, 0) is 6.54 Å². The van der Waals surface area contributed by atoms with Gasteiger partial charge in [-0.2, -0.15) is 0 Å². The number of rotatable bonds is 5. The highest BCUT2D eigenvalue weighted by Crippen LogP contribution is 2.11. The third-order valence-corrected chi connectivity index (χ3v) is 2.77. The molecule has 0 aliphatic heterocycles. The highest BCUT2D eigenvalue weighted by atomic mass is 16.1. The van der Waals surface area contributed by atoms with Gasteiger partial charge in [-0.05, 0) is 38.1 Å². The summed E-state index contributed by atoms with van der Waals surface area (Å²) in [5.74, 6) is 0.446. The minimum atomic E-state index is -0.155. The molecule has 2 heterocycles. The van der Waals surface area contributed by atoms with Crippen LogP contribution in [0.2, 0.25) is 0 Å². The molecule has 2 aromatic heterocycles. The average Bonchev–Trinajstić information content (AvgIpc) is 2.46. The molecule has 104 valence electrons. The van der Waals surface area contributed by atoms with Crippen molar-refractivity contribution in [3.8, 4) is 0 Å². The molecule has 0 aromatic carbocycles. The monoisotopic (exact) mass is 270 g/mol. The number of hydrogen-bond donors (Lipinski definition) is 2. The first-order valence-corrected chi connectivity index (χ1v) is 6.60. The maximum absolute atomic E-state index is 12.2. The highest BCUT2D eigenvalue weighted by Gasteiger charge is 2.11. The van der Waals surface area contributed by atoms with Crippen molar-refractivity contribution in [1.82, 2.24) is 15.3 Å². The zero-order valence-corrected chi connectivity index (χ0v) is 11.7. The Morgan fingerprint density at radius 3 is 2.85 bits per heavy atom. The summed E-state index contributed by atoms with van der Waals surface area (Å²) in [6.07, 6.45) is 1.66. The van der Waals surface area contributed by atoms with Crippen LogP contribution in [0.3, 0.4) is 0 Å². The van der Waals surface area contributed by atoms with Crippen LogP contribution in [0.25, 0.3) is 0 Å². The SMILES string of the molecule is CCNc1ncccc1C(=O)NCc1cccc(C)n1. The Morgan fingerprint density at radius 1 is 1.25 bits per heavy atom. The molecule has 0 atom stereocenters. The summed E-state index contributed by atoms with van der Waals surface area (Å²) in [4.78, 5) is 20.7. The predicted molar refractivity (Wildman–Crippen MR) is 78.5 cm³/mol. The molecule has 2 rings (SSSR count). The number of carbonyl (C=O) groups is 1. The number of pyridine rings is 2. The van der Waals surface area contributed by atoms with Gasteiger partial charge in [0.25, 0.3) is 5.91 Å². The van der Waals surface area contributed by atoms with E-state index in [1.807, 2.05) is 32.0 Å². The molecule has 0 radical (unpaired) electrons. The minimum absolute atomic E-state index is 0.155. The normalized spacial score (nSPS) is 10.1. The van der Waals surface area contributed by atoms with Gasteiger partial charge in [-0.1, -0.05) is 6.07 Å². The third kappa shape index (κ3) is 3.54. The van der Waals surface area contributed by atoms with Gasteiger partial charge < -0.3 is 10.6 Å². The lowest BCUT2D eigenvalue weighted by molar-refractivity contribution is 0.0951. The Morgan fingerprint density at radius 2 is 2.10 bits per heavy atom. The van der Waals surface area contributed by atoms with Crippen LogP contribution in [0.5, 0.6) is 0 Å². The van der Waals surface area contributed by atoms with E-state index in [9.17, 15) is 4.79 Å². The van der Waals surface area contributed by atoms with Crippen molar-refractivity contribution in [2.45, 2.75) is 20.4 Å². The molecular formula is C15H18N4O. The lowest BCUT2D eigenvalue weighted by Gasteiger charge is -2.09. The van der Waals surface area contributed by atoms with Crippen LogP contribution in [0.4, 0.5) is 5.82 Å². The standard InChI is InChI=1S/C15H18N4O/c1-3-16-14-13(8-5-9-17-14)15(20)18-10-12-7-4-6-11(2)19-12/h4-9H,3,10H2,1-2H3,(H,16,17)(H,18,20). The fraction of sp³-hybridized carbons (Fsp3) is 0.267. The Bertz CT molecular complexity index is 598. The van der Waals surface area contributed by atoms with E-state index in [2.05, 4.69) is 20.6 Å². The summed E-state index contributed by atoms with van der Waals surface area (Å²) in [6, 6.07) is 9.25. The molecule has 2 aromatic rings. The lowest BCUT2D eigenvalue weighted by atomic mass is 10.2. The molecule has 5 nitrogen and oxygen atoms in total. The molecule has 20 heavy (non-hydrogen) atoms. The number of nitrogens with zero attached hydrogens (tertiary/aromatic N) is 2. The molecule has 5 heteroatoms. The third-order valence-electron chi connectivity index (χ3n) is 2.77. The number of nitrogens with one attached hydrogen (secondary N) is 2. The van der Waals surface area contributed by atoms with Gasteiger partial charge in [-0.25, -0.2) is 4.98 Å². The fourth-order valence-electron chi connectivity index (χ4n) is 1.86. The number of anilines is 1. The second-order valence-electron chi connectivity index (χ2n) is 4.38. The molecule has 0 bridgehead atoms. The van der Waals surface area contributed by atoms with Gasteiger partial charge in [0.1, 0.15) is 5.82 Å². The maximum atomic E-state index is 12.2. The van der Waals surface area contributed by atoms with E-state index >= 15 is 0 Å². The smallest absolute Gasteiger partial charge is 0.255 e. The first-order valence-electron chi connectivity index (χ1n) is 6.60. The van der Waals surface area contributed by atoms with E-state index in [-0.39, 0.29) is 5.91 Å². The van der Waals surface area contributed by atoms with Crippen LogP contribution in [0.15, 0.2) is 36.5 Å². The molecule has 2 N–H and O–H groups in total. The van der Waals surface area contributed by atoms with E-state index in [0.29, 0.717) is 17.9 Å². The van der Waals surface area contributed by atoms with Crippen molar-refractivity contribution in [2.24, 2.45) is 0 Å². The topological polar surface area (TPSA) is 66.9 Å². The van der Waals surface area contributed by atoms with Crippen molar-refractivity contribution in [1.29, 1.82) is 0 Å².